The van der Waals surface area contributed by atoms with Crippen LogP contribution in [-0.4, -0.2) is 30.3 Å². The lowest BCUT2D eigenvalue weighted by atomic mass is 10.2. The third-order valence-corrected chi connectivity index (χ3v) is 2.32. The minimum Gasteiger partial charge on any atom is -0.480 e. The third kappa shape index (κ3) is 5.43. The average Bonchev–Trinajstić information content (AvgIpc) is 2.38. The normalized spacial score (nSPS) is 11.7. The molecule has 0 heterocycles. The maximum absolute atomic E-state index is 10.9. The number of hydrogen-bond donors (Lipinski definition) is 2. The van der Waals surface area contributed by atoms with Gasteiger partial charge in [0.2, 0.25) is 0 Å². The van der Waals surface area contributed by atoms with Crippen LogP contribution in [0.5, 0.6) is 0 Å². The predicted octanol–water partition coefficient (Wildman–Crippen LogP) is 1.16. The molecule has 0 aliphatic rings. The number of carbonyl (C=O) groups is 1. The second-order valence-electron chi connectivity index (χ2n) is 3.75. The summed E-state index contributed by atoms with van der Waals surface area (Å²) in [5, 5.41) is 20.1. The van der Waals surface area contributed by atoms with Gasteiger partial charge in [0.25, 0.3) is 0 Å². The topological polar surface area (TPSA) is 82.3 Å². The molecular weight excluding hydrogens is 232 g/mol. The minimum absolute atomic E-state index is 0.0790. The van der Waals surface area contributed by atoms with Gasteiger partial charge in [-0.25, -0.2) is 0 Å². The third-order valence-electron chi connectivity index (χ3n) is 2.32. The number of nitriles is 1. The Bertz CT molecular complexity index is 400. The number of hydrogen-bond acceptors (Lipinski definition) is 4. The monoisotopic (exact) mass is 248 g/mol. The molecule has 0 unspecified atom stereocenters. The van der Waals surface area contributed by atoms with Crippen molar-refractivity contribution in [2.75, 3.05) is 13.2 Å². The summed E-state index contributed by atoms with van der Waals surface area (Å²) in [7, 11) is 0. The molecular formula is C13H16N2O3. The van der Waals surface area contributed by atoms with Crippen molar-refractivity contribution in [3.63, 3.8) is 0 Å². The summed E-state index contributed by atoms with van der Waals surface area (Å²) in [4.78, 5) is 10.9. The first-order valence-electron chi connectivity index (χ1n) is 5.69. The van der Waals surface area contributed by atoms with Gasteiger partial charge < -0.3 is 15.2 Å². The molecule has 0 fully saturated rings. The number of benzene rings is 1. The number of aliphatic carboxylic acids is 1. The fraction of sp³-hybridized carbons (Fsp3) is 0.385. The first kappa shape index (κ1) is 14.2. The number of carboxylic acids is 1. The van der Waals surface area contributed by atoms with Crippen molar-refractivity contribution in [2.24, 2.45) is 0 Å². The number of carboxylic acid groups (broad SMARTS) is 1. The van der Waals surface area contributed by atoms with Crippen LogP contribution < -0.4 is 5.32 Å². The second kappa shape index (κ2) is 8.23. The molecule has 0 spiro atoms. The van der Waals surface area contributed by atoms with E-state index in [-0.39, 0.29) is 13.0 Å². The molecule has 0 aliphatic carbocycles. The Hall–Kier alpha value is -1.90. The first-order valence-corrected chi connectivity index (χ1v) is 5.69. The van der Waals surface area contributed by atoms with Crippen LogP contribution in [0.2, 0.25) is 0 Å². The van der Waals surface area contributed by atoms with E-state index in [4.69, 9.17) is 15.1 Å². The van der Waals surface area contributed by atoms with Gasteiger partial charge in [0.15, 0.2) is 0 Å². The van der Waals surface area contributed by atoms with E-state index >= 15 is 0 Å². The molecule has 5 heteroatoms. The Balaban J connectivity index is 2.29. The van der Waals surface area contributed by atoms with E-state index in [2.05, 4.69) is 5.32 Å². The summed E-state index contributed by atoms with van der Waals surface area (Å²) >= 11 is 0. The molecule has 1 atom stereocenters. The molecule has 96 valence electrons. The molecule has 0 amide bonds. The maximum atomic E-state index is 10.9. The van der Waals surface area contributed by atoms with Crippen LogP contribution >= 0.6 is 0 Å². The van der Waals surface area contributed by atoms with E-state index in [0.29, 0.717) is 13.2 Å². The zero-order chi connectivity index (χ0) is 13.2. The van der Waals surface area contributed by atoms with Crippen molar-refractivity contribution in [3.05, 3.63) is 35.9 Å². The Kier molecular flexibility index (Phi) is 6.47. The Morgan fingerprint density at radius 1 is 1.44 bits per heavy atom. The fourth-order valence-electron chi connectivity index (χ4n) is 1.39. The molecule has 2 N–H and O–H groups in total. The lowest BCUT2D eigenvalue weighted by Gasteiger charge is -2.13. The van der Waals surface area contributed by atoms with Crippen LogP contribution in [0.4, 0.5) is 0 Å². The van der Waals surface area contributed by atoms with Gasteiger partial charge in [0.1, 0.15) is 6.04 Å². The summed E-state index contributed by atoms with van der Waals surface area (Å²) < 4.78 is 5.35. The first-order chi connectivity index (χ1) is 8.74. The van der Waals surface area contributed by atoms with Crippen LogP contribution in [0.15, 0.2) is 30.3 Å². The Labute approximate surface area is 106 Å². The van der Waals surface area contributed by atoms with Crippen LogP contribution in [0.1, 0.15) is 12.0 Å². The van der Waals surface area contributed by atoms with Gasteiger partial charge in [-0.15, -0.1) is 0 Å². The summed E-state index contributed by atoms with van der Waals surface area (Å²) in [5.41, 5.74) is 0.999. The van der Waals surface area contributed by atoms with Crippen molar-refractivity contribution in [1.29, 1.82) is 5.26 Å². The quantitative estimate of drug-likeness (QED) is 0.674. The highest BCUT2D eigenvalue weighted by molar-refractivity contribution is 5.73. The molecule has 0 saturated carbocycles. The van der Waals surface area contributed by atoms with Crippen molar-refractivity contribution in [3.8, 4) is 6.07 Å². The van der Waals surface area contributed by atoms with Gasteiger partial charge in [0.05, 0.1) is 19.3 Å². The van der Waals surface area contributed by atoms with E-state index in [9.17, 15) is 4.79 Å². The lowest BCUT2D eigenvalue weighted by Crippen LogP contribution is -2.40. The summed E-state index contributed by atoms with van der Waals surface area (Å²) in [5.74, 6) is -0.971. The standard InChI is InChI=1S/C13H16N2O3/c14-7-4-8-15-12(13(16)17)10-18-9-11-5-2-1-3-6-11/h1-3,5-6,12,15H,4,8-10H2,(H,16,17)/t12-/m1/s1. The fourth-order valence-corrected chi connectivity index (χ4v) is 1.39. The van der Waals surface area contributed by atoms with Crippen LogP contribution in [0.25, 0.3) is 0 Å². The SMILES string of the molecule is N#CCCN[C@H](COCc1ccccc1)C(=O)O. The zero-order valence-electron chi connectivity index (χ0n) is 10.0. The molecule has 1 rings (SSSR count). The average molecular weight is 248 g/mol. The highest BCUT2D eigenvalue weighted by Crippen LogP contribution is 2.01. The van der Waals surface area contributed by atoms with Gasteiger partial charge in [0, 0.05) is 13.0 Å². The van der Waals surface area contributed by atoms with Crippen LogP contribution in [-0.2, 0) is 16.1 Å². The molecule has 18 heavy (non-hydrogen) atoms. The van der Waals surface area contributed by atoms with E-state index in [0.717, 1.165) is 5.56 Å². The van der Waals surface area contributed by atoms with Gasteiger partial charge >= 0.3 is 5.97 Å². The van der Waals surface area contributed by atoms with Gasteiger partial charge in [-0.3, -0.25) is 4.79 Å². The van der Waals surface area contributed by atoms with Gasteiger partial charge in [-0.2, -0.15) is 5.26 Å². The highest BCUT2D eigenvalue weighted by Gasteiger charge is 2.16. The molecule has 0 radical (unpaired) electrons. The maximum Gasteiger partial charge on any atom is 0.323 e. The summed E-state index contributed by atoms with van der Waals surface area (Å²) in [6.07, 6.45) is 0.280. The van der Waals surface area contributed by atoms with E-state index < -0.39 is 12.0 Å². The largest absolute Gasteiger partial charge is 0.480 e. The summed E-state index contributed by atoms with van der Waals surface area (Å²) in [6.45, 7) is 0.808. The van der Waals surface area contributed by atoms with E-state index in [1.54, 1.807) is 0 Å². The van der Waals surface area contributed by atoms with E-state index in [1.165, 1.54) is 0 Å². The van der Waals surface area contributed by atoms with Crippen molar-refractivity contribution < 1.29 is 14.6 Å². The van der Waals surface area contributed by atoms with E-state index in [1.807, 2.05) is 36.4 Å². The molecule has 1 aromatic carbocycles. The lowest BCUT2D eigenvalue weighted by molar-refractivity contribution is -0.141. The zero-order valence-corrected chi connectivity index (χ0v) is 10.0. The Morgan fingerprint density at radius 2 is 2.17 bits per heavy atom. The van der Waals surface area contributed by atoms with Crippen LogP contribution in [0, 0.1) is 11.3 Å². The van der Waals surface area contributed by atoms with Gasteiger partial charge in [-0.1, -0.05) is 30.3 Å². The predicted molar refractivity (Wildman–Crippen MR) is 65.8 cm³/mol. The smallest absolute Gasteiger partial charge is 0.323 e. The molecule has 0 saturated heterocycles. The highest BCUT2D eigenvalue weighted by atomic mass is 16.5. The molecule has 5 nitrogen and oxygen atoms in total. The van der Waals surface area contributed by atoms with Gasteiger partial charge in [-0.05, 0) is 5.56 Å². The second-order valence-corrected chi connectivity index (χ2v) is 3.75. The van der Waals surface area contributed by atoms with Crippen LogP contribution in [0.3, 0.4) is 0 Å². The number of rotatable bonds is 8. The van der Waals surface area contributed by atoms with Crippen molar-refractivity contribution in [1.82, 2.24) is 5.32 Å². The van der Waals surface area contributed by atoms with Crippen molar-refractivity contribution >= 4 is 5.97 Å². The summed E-state index contributed by atoms with van der Waals surface area (Å²) in [6, 6.07) is 10.7. The number of ether oxygens (including phenoxy) is 1. The number of nitrogens with zero attached hydrogens (tertiary/aromatic N) is 1. The molecule has 0 aliphatic heterocycles. The number of nitrogens with one attached hydrogen (secondary N) is 1. The van der Waals surface area contributed by atoms with Crippen molar-refractivity contribution in [2.45, 2.75) is 19.1 Å². The molecule has 0 aromatic heterocycles. The molecule has 1 aromatic rings. The minimum atomic E-state index is -0.971. The Morgan fingerprint density at radius 3 is 2.78 bits per heavy atom. The molecule has 0 bridgehead atoms.